The summed E-state index contributed by atoms with van der Waals surface area (Å²) in [6, 6.07) is 5.32. The number of hydrogen-bond acceptors (Lipinski definition) is 5. The minimum Gasteiger partial charge on any atom is -0.508 e. The van der Waals surface area contributed by atoms with E-state index in [1.165, 1.54) is 0 Å². The van der Waals surface area contributed by atoms with Crippen LogP contribution in [0.1, 0.15) is 56.8 Å². The quantitative estimate of drug-likeness (QED) is 0.781. The number of likely N-dealkylation sites (tertiary alicyclic amines) is 1. The Bertz CT molecular complexity index is 942. The number of benzene rings is 1. The third-order valence-corrected chi connectivity index (χ3v) is 7.24. The molecule has 0 aliphatic carbocycles. The van der Waals surface area contributed by atoms with Crippen LogP contribution in [0.5, 0.6) is 11.5 Å². The summed E-state index contributed by atoms with van der Waals surface area (Å²) in [7, 11) is 0. The number of carbonyl (C=O) groups excluding carboxylic acids is 1. The number of amides is 1. The van der Waals surface area contributed by atoms with Crippen molar-refractivity contribution >= 4 is 5.91 Å². The van der Waals surface area contributed by atoms with Gasteiger partial charge in [-0.25, -0.2) is 0 Å². The van der Waals surface area contributed by atoms with Crippen LogP contribution in [-0.4, -0.2) is 50.9 Å². The fraction of sp³-hybridized carbons (Fsp3) is 0.583. The number of hydrogen-bond donors (Lipinski definition) is 2. The summed E-state index contributed by atoms with van der Waals surface area (Å²) in [5, 5.41) is 16.7. The van der Waals surface area contributed by atoms with Gasteiger partial charge in [0.2, 0.25) is 5.91 Å². The van der Waals surface area contributed by atoms with Crippen molar-refractivity contribution in [3.63, 3.8) is 0 Å². The van der Waals surface area contributed by atoms with E-state index < -0.39 is 5.60 Å². The highest BCUT2D eigenvalue weighted by atomic mass is 16.5. The molecule has 2 fully saturated rings. The van der Waals surface area contributed by atoms with Gasteiger partial charge >= 0.3 is 0 Å². The third kappa shape index (κ3) is 3.91. The first-order valence-corrected chi connectivity index (χ1v) is 11.3. The number of ether oxygens (including phenoxy) is 2. The van der Waals surface area contributed by atoms with Crippen LogP contribution >= 0.6 is 0 Å². The standard InChI is InChI=1S/C24H31N3O4/c1-24(2)19-10-16-14-27(22(29)5-3-4-15-12-25-26-13-15)9-8-20(16)30-23(19)18-7-6-17(28)11-21(18)31-24/h6-7,11-13,16,19-20,23,28H,3-5,8-10,14H2,1-2H3,(H,25,26)/t16-,19-,20-,23+/m1/s1. The maximum absolute atomic E-state index is 12.8. The van der Waals surface area contributed by atoms with Gasteiger partial charge in [-0.1, -0.05) is 0 Å². The van der Waals surface area contributed by atoms with Gasteiger partial charge in [-0.05, 0) is 57.2 Å². The van der Waals surface area contributed by atoms with Crippen LogP contribution in [-0.2, 0) is 16.0 Å². The molecule has 0 bridgehead atoms. The molecule has 1 amide bonds. The zero-order valence-corrected chi connectivity index (χ0v) is 18.2. The number of fused-ring (bicyclic) bond motifs is 4. The fourth-order valence-electron chi connectivity index (χ4n) is 5.54. The van der Waals surface area contributed by atoms with Gasteiger partial charge in [0, 0.05) is 49.2 Å². The topological polar surface area (TPSA) is 87.7 Å². The fourth-order valence-corrected chi connectivity index (χ4v) is 5.54. The van der Waals surface area contributed by atoms with Gasteiger partial charge in [-0.2, -0.15) is 5.10 Å². The number of nitrogens with one attached hydrogen (secondary N) is 1. The highest BCUT2D eigenvalue weighted by Gasteiger charge is 2.51. The number of aromatic hydroxyl groups is 1. The van der Waals surface area contributed by atoms with E-state index in [2.05, 4.69) is 24.0 Å². The molecule has 4 atom stereocenters. The molecule has 31 heavy (non-hydrogen) atoms. The number of H-pyrrole nitrogens is 1. The lowest BCUT2D eigenvalue weighted by Gasteiger charge is -2.53. The van der Waals surface area contributed by atoms with Crippen LogP contribution in [0.4, 0.5) is 0 Å². The van der Waals surface area contributed by atoms with E-state index >= 15 is 0 Å². The number of phenolic OH excluding ortho intramolecular Hbond substituents is 1. The summed E-state index contributed by atoms with van der Waals surface area (Å²) in [6.07, 6.45) is 7.96. The van der Waals surface area contributed by atoms with Gasteiger partial charge in [0.05, 0.1) is 18.4 Å². The third-order valence-electron chi connectivity index (χ3n) is 7.24. The number of aromatic amines is 1. The SMILES string of the molecule is CC1(C)Oc2cc(O)ccc2[C@@H]2O[C@@H]3CCN(C(=O)CCCc4cn[nH]c4)C[C@H]3C[C@H]21. The Morgan fingerprint density at radius 2 is 2.26 bits per heavy atom. The first kappa shape index (κ1) is 20.4. The second kappa shape index (κ2) is 7.86. The molecule has 1 aromatic heterocycles. The molecule has 0 spiro atoms. The van der Waals surface area contributed by atoms with Gasteiger partial charge in [0.25, 0.3) is 0 Å². The number of piperidine rings is 1. The molecule has 0 saturated carbocycles. The smallest absolute Gasteiger partial charge is 0.222 e. The van der Waals surface area contributed by atoms with Gasteiger partial charge in [0.1, 0.15) is 17.1 Å². The largest absolute Gasteiger partial charge is 0.508 e. The Morgan fingerprint density at radius 3 is 3.06 bits per heavy atom. The number of nitrogens with zero attached hydrogens (tertiary/aromatic N) is 2. The molecule has 4 heterocycles. The van der Waals surface area contributed by atoms with Crippen LogP contribution in [0.2, 0.25) is 0 Å². The second-order valence-electron chi connectivity index (χ2n) is 9.71. The molecular weight excluding hydrogens is 394 g/mol. The van der Waals surface area contributed by atoms with Crippen molar-refractivity contribution in [2.75, 3.05) is 13.1 Å². The van der Waals surface area contributed by atoms with Crippen LogP contribution in [0.25, 0.3) is 0 Å². The lowest BCUT2D eigenvalue weighted by molar-refractivity contribution is -0.188. The Labute approximate surface area is 182 Å². The van der Waals surface area contributed by atoms with E-state index in [-0.39, 0.29) is 29.8 Å². The average molecular weight is 426 g/mol. The zero-order chi connectivity index (χ0) is 21.6. The molecule has 3 aliphatic heterocycles. The average Bonchev–Trinajstić information content (AvgIpc) is 3.25. The van der Waals surface area contributed by atoms with E-state index in [0.29, 0.717) is 12.3 Å². The molecule has 7 nitrogen and oxygen atoms in total. The van der Waals surface area contributed by atoms with E-state index in [1.54, 1.807) is 12.1 Å². The highest BCUT2D eigenvalue weighted by Crippen LogP contribution is 2.53. The van der Waals surface area contributed by atoms with Crippen LogP contribution in [0, 0.1) is 11.8 Å². The van der Waals surface area contributed by atoms with Crippen molar-refractivity contribution in [1.82, 2.24) is 15.1 Å². The van der Waals surface area contributed by atoms with Gasteiger partial charge < -0.3 is 19.5 Å². The van der Waals surface area contributed by atoms with Crippen molar-refractivity contribution in [3.05, 3.63) is 41.7 Å². The predicted octanol–water partition coefficient (Wildman–Crippen LogP) is 3.60. The molecule has 3 aliphatic rings. The van der Waals surface area contributed by atoms with E-state index in [4.69, 9.17) is 9.47 Å². The number of aromatic nitrogens is 2. The van der Waals surface area contributed by atoms with Gasteiger partial charge in [0.15, 0.2) is 0 Å². The molecule has 7 heteroatoms. The first-order valence-electron chi connectivity index (χ1n) is 11.3. The summed E-state index contributed by atoms with van der Waals surface area (Å²) in [5.74, 6) is 1.71. The zero-order valence-electron chi connectivity index (χ0n) is 18.2. The molecule has 2 N–H and O–H groups in total. The predicted molar refractivity (Wildman–Crippen MR) is 115 cm³/mol. The molecule has 2 saturated heterocycles. The molecule has 5 rings (SSSR count). The first-order chi connectivity index (χ1) is 14.9. The van der Waals surface area contributed by atoms with Crippen molar-refractivity contribution in [2.24, 2.45) is 11.8 Å². The Morgan fingerprint density at radius 1 is 1.39 bits per heavy atom. The Balaban J connectivity index is 1.24. The lowest BCUT2D eigenvalue weighted by atomic mass is 9.70. The number of aryl methyl sites for hydroxylation is 1. The molecule has 0 radical (unpaired) electrons. The second-order valence-corrected chi connectivity index (χ2v) is 9.71. The van der Waals surface area contributed by atoms with Crippen LogP contribution < -0.4 is 4.74 Å². The molecule has 1 aromatic carbocycles. The molecule has 166 valence electrons. The summed E-state index contributed by atoms with van der Waals surface area (Å²) in [5.41, 5.74) is 1.78. The Hall–Kier alpha value is -2.54. The van der Waals surface area contributed by atoms with Crippen LogP contribution in [0.15, 0.2) is 30.6 Å². The monoisotopic (exact) mass is 425 g/mol. The maximum Gasteiger partial charge on any atom is 0.222 e. The molecule has 2 aromatic rings. The number of rotatable bonds is 4. The Kier molecular flexibility index (Phi) is 5.16. The van der Waals surface area contributed by atoms with Gasteiger partial charge in [-0.15, -0.1) is 0 Å². The van der Waals surface area contributed by atoms with Crippen molar-refractivity contribution in [1.29, 1.82) is 0 Å². The van der Waals surface area contributed by atoms with E-state index in [0.717, 1.165) is 55.6 Å². The highest BCUT2D eigenvalue weighted by molar-refractivity contribution is 5.76. The normalized spacial score (nSPS) is 28.8. The van der Waals surface area contributed by atoms with Crippen molar-refractivity contribution in [2.45, 2.75) is 63.8 Å². The lowest BCUT2D eigenvalue weighted by Crippen LogP contribution is -2.55. The van der Waals surface area contributed by atoms with Crippen molar-refractivity contribution in [3.8, 4) is 11.5 Å². The number of carbonyl (C=O) groups is 1. The number of phenols is 1. The van der Waals surface area contributed by atoms with Crippen molar-refractivity contribution < 1.29 is 19.4 Å². The van der Waals surface area contributed by atoms with E-state index in [9.17, 15) is 9.90 Å². The molecule has 0 unspecified atom stereocenters. The summed E-state index contributed by atoms with van der Waals surface area (Å²) >= 11 is 0. The molecular formula is C24H31N3O4. The van der Waals surface area contributed by atoms with Gasteiger partial charge in [-0.3, -0.25) is 9.89 Å². The summed E-state index contributed by atoms with van der Waals surface area (Å²) < 4.78 is 12.9. The maximum atomic E-state index is 12.8. The summed E-state index contributed by atoms with van der Waals surface area (Å²) in [4.78, 5) is 14.9. The minimum atomic E-state index is -0.396. The van der Waals surface area contributed by atoms with Crippen LogP contribution in [0.3, 0.4) is 0 Å². The van der Waals surface area contributed by atoms with E-state index in [1.807, 2.05) is 23.4 Å². The summed E-state index contributed by atoms with van der Waals surface area (Å²) in [6.45, 7) is 5.72. The minimum absolute atomic E-state index is 0.0298.